The molecule has 1 saturated heterocycles. The van der Waals surface area contributed by atoms with Gasteiger partial charge in [-0.2, -0.15) is 0 Å². The highest BCUT2D eigenvalue weighted by atomic mass is 35.5. The Hall–Kier alpha value is -1.52. The molecule has 2 fully saturated rings. The third-order valence-electron chi connectivity index (χ3n) is 4.04. The number of nitrogens with one attached hydrogen (secondary N) is 2. The molecule has 19 heavy (non-hydrogen) atoms. The van der Waals surface area contributed by atoms with Gasteiger partial charge in [0.25, 0.3) is 5.91 Å². The molecule has 100 valence electrons. The van der Waals surface area contributed by atoms with E-state index >= 15 is 0 Å². The predicted molar refractivity (Wildman–Crippen MR) is 74.6 cm³/mol. The number of rotatable bonds is 2. The topological polar surface area (TPSA) is 54.3 Å². The minimum Gasteiger partial charge on any atom is -0.451 e. The lowest BCUT2D eigenvalue weighted by Gasteiger charge is -2.05. The number of carbonyl (C=O) groups is 1. The Balaban J connectivity index is 0.00000110. The SMILES string of the molecule is Cl.O=C(NC1C2CNCC21)c1cc2ccccc2o1. The van der Waals surface area contributed by atoms with Crippen LogP contribution in [0.5, 0.6) is 0 Å². The lowest BCUT2D eigenvalue weighted by atomic mass is 10.2. The second-order valence-electron chi connectivity index (χ2n) is 5.13. The number of fused-ring (bicyclic) bond motifs is 2. The lowest BCUT2D eigenvalue weighted by molar-refractivity contribution is 0.0921. The van der Waals surface area contributed by atoms with Gasteiger partial charge in [0, 0.05) is 24.5 Å². The van der Waals surface area contributed by atoms with Crippen molar-refractivity contribution in [3.8, 4) is 0 Å². The summed E-state index contributed by atoms with van der Waals surface area (Å²) in [6, 6.07) is 9.82. The number of amides is 1. The summed E-state index contributed by atoms with van der Waals surface area (Å²) in [6.45, 7) is 2.05. The Morgan fingerprint density at radius 3 is 2.74 bits per heavy atom. The minimum atomic E-state index is -0.0920. The fourth-order valence-corrected chi connectivity index (χ4v) is 2.95. The van der Waals surface area contributed by atoms with E-state index in [0.29, 0.717) is 23.6 Å². The number of para-hydroxylation sites is 1. The van der Waals surface area contributed by atoms with Crippen LogP contribution in [0.15, 0.2) is 34.7 Å². The van der Waals surface area contributed by atoms with Gasteiger partial charge in [0.2, 0.25) is 0 Å². The summed E-state index contributed by atoms with van der Waals surface area (Å²) in [7, 11) is 0. The van der Waals surface area contributed by atoms with Gasteiger partial charge in [-0.05, 0) is 24.0 Å². The van der Waals surface area contributed by atoms with Crippen molar-refractivity contribution < 1.29 is 9.21 Å². The largest absolute Gasteiger partial charge is 0.451 e. The van der Waals surface area contributed by atoms with Crippen LogP contribution >= 0.6 is 12.4 Å². The molecule has 1 aromatic carbocycles. The minimum absolute atomic E-state index is 0. The summed E-state index contributed by atoms with van der Waals surface area (Å²) in [5.41, 5.74) is 0.764. The second-order valence-corrected chi connectivity index (χ2v) is 5.13. The number of hydrogen-bond acceptors (Lipinski definition) is 3. The molecule has 1 aromatic heterocycles. The van der Waals surface area contributed by atoms with E-state index in [0.717, 1.165) is 24.1 Å². The van der Waals surface area contributed by atoms with E-state index in [4.69, 9.17) is 4.42 Å². The number of hydrogen-bond donors (Lipinski definition) is 2. The van der Waals surface area contributed by atoms with Gasteiger partial charge in [-0.25, -0.2) is 0 Å². The van der Waals surface area contributed by atoms with Gasteiger partial charge in [0.05, 0.1) is 0 Å². The molecule has 2 aliphatic rings. The molecule has 2 heterocycles. The fourth-order valence-electron chi connectivity index (χ4n) is 2.95. The van der Waals surface area contributed by atoms with Crippen LogP contribution in [0, 0.1) is 11.8 Å². The molecule has 4 rings (SSSR count). The van der Waals surface area contributed by atoms with E-state index in [1.165, 1.54) is 0 Å². The highest BCUT2D eigenvalue weighted by Crippen LogP contribution is 2.41. The molecule has 1 saturated carbocycles. The Labute approximate surface area is 116 Å². The van der Waals surface area contributed by atoms with Gasteiger partial charge < -0.3 is 15.1 Å². The van der Waals surface area contributed by atoms with Gasteiger partial charge in [0.15, 0.2) is 5.76 Å². The zero-order valence-corrected chi connectivity index (χ0v) is 11.1. The molecule has 0 bridgehead atoms. The third-order valence-corrected chi connectivity index (χ3v) is 4.04. The fraction of sp³-hybridized carbons (Fsp3) is 0.357. The highest BCUT2D eigenvalue weighted by Gasteiger charge is 2.53. The van der Waals surface area contributed by atoms with Crippen LogP contribution in [0.4, 0.5) is 0 Å². The zero-order valence-electron chi connectivity index (χ0n) is 10.3. The third kappa shape index (κ3) is 2.01. The quantitative estimate of drug-likeness (QED) is 0.881. The molecule has 1 amide bonds. The molecule has 2 unspecified atom stereocenters. The van der Waals surface area contributed by atoms with Crippen LogP contribution in [0.2, 0.25) is 0 Å². The molecule has 5 heteroatoms. The summed E-state index contributed by atoms with van der Waals surface area (Å²) < 4.78 is 5.55. The summed E-state index contributed by atoms with van der Waals surface area (Å²) in [5, 5.41) is 7.34. The molecular weight excluding hydrogens is 264 g/mol. The van der Waals surface area contributed by atoms with Gasteiger partial charge in [0.1, 0.15) is 5.58 Å². The van der Waals surface area contributed by atoms with Crippen LogP contribution in [-0.2, 0) is 0 Å². The normalized spacial score (nSPS) is 27.7. The number of carbonyl (C=O) groups excluding carboxylic acids is 1. The Kier molecular flexibility index (Phi) is 2.99. The summed E-state index contributed by atoms with van der Waals surface area (Å²) in [5.74, 6) is 1.57. The van der Waals surface area contributed by atoms with E-state index < -0.39 is 0 Å². The molecule has 4 nitrogen and oxygen atoms in total. The molecule has 2 atom stereocenters. The summed E-state index contributed by atoms with van der Waals surface area (Å²) in [4.78, 5) is 12.1. The Morgan fingerprint density at radius 2 is 2.00 bits per heavy atom. The van der Waals surface area contributed by atoms with E-state index in [1.807, 2.05) is 24.3 Å². The van der Waals surface area contributed by atoms with Crippen LogP contribution < -0.4 is 10.6 Å². The average molecular weight is 279 g/mol. The van der Waals surface area contributed by atoms with E-state index in [1.54, 1.807) is 6.07 Å². The van der Waals surface area contributed by atoms with Crippen LogP contribution in [0.3, 0.4) is 0 Å². The predicted octanol–water partition coefficient (Wildman–Crippen LogP) is 1.80. The van der Waals surface area contributed by atoms with Gasteiger partial charge in [-0.3, -0.25) is 4.79 Å². The molecule has 1 aliphatic carbocycles. The smallest absolute Gasteiger partial charge is 0.287 e. The first-order valence-electron chi connectivity index (χ1n) is 6.33. The van der Waals surface area contributed by atoms with E-state index in [2.05, 4.69) is 10.6 Å². The molecule has 2 aromatic rings. The first-order chi connectivity index (χ1) is 8.83. The summed E-state index contributed by atoms with van der Waals surface area (Å²) in [6.07, 6.45) is 0. The van der Waals surface area contributed by atoms with Crippen LogP contribution in [-0.4, -0.2) is 25.0 Å². The van der Waals surface area contributed by atoms with E-state index in [-0.39, 0.29) is 18.3 Å². The second kappa shape index (κ2) is 4.54. The first kappa shape index (κ1) is 12.5. The van der Waals surface area contributed by atoms with Crippen molar-refractivity contribution in [2.75, 3.05) is 13.1 Å². The van der Waals surface area contributed by atoms with E-state index in [9.17, 15) is 4.79 Å². The molecular formula is C14H15ClN2O2. The van der Waals surface area contributed by atoms with Crippen molar-refractivity contribution in [3.05, 3.63) is 36.1 Å². The van der Waals surface area contributed by atoms with Crippen molar-refractivity contribution in [1.82, 2.24) is 10.6 Å². The van der Waals surface area contributed by atoms with Crippen molar-refractivity contribution >= 4 is 29.3 Å². The lowest BCUT2D eigenvalue weighted by Crippen LogP contribution is -2.32. The molecule has 0 radical (unpaired) electrons. The summed E-state index contributed by atoms with van der Waals surface area (Å²) >= 11 is 0. The van der Waals surface area contributed by atoms with Gasteiger partial charge in [-0.1, -0.05) is 18.2 Å². The number of piperidine rings is 1. The molecule has 0 spiro atoms. The number of furan rings is 1. The van der Waals surface area contributed by atoms with Crippen molar-refractivity contribution in [2.24, 2.45) is 11.8 Å². The number of benzene rings is 1. The maximum absolute atomic E-state index is 12.1. The van der Waals surface area contributed by atoms with Crippen LogP contribution in [0.25, 0.3) is 11.0 Å². The zero-order chi connectivity index (χ0) is 12.1. The maximum atomic E-state index is 12.1. The first-order valence-corrected chi connectivity index (χ1v) is 6.33. The van der Waals surface area contributed by atoms with Gasteiger partial charge >= 0.3 is 0 Å². The molecule has 2 N–H and O–H groups in total. The standard InChI is InChI=1S/C14H14N2O2.ClH/c17-14(16-13-9-6-15-7-10(9)13)12-5-8-3-1-2-4-11(8)18-12;/h1-5,9-10,13,15H,6-7H2,(H,16,17);1H. The Bertz CT molecular complexity index is 582. The van der Waals surface area contributed by atoms with Crippen molar-refractivity contribution in [1.29, 1.82) is 0 Å². The molecule has 1 aliphatic heterocycles. The van der Waals surface area contributed by atoms with Gasteiger partial charge in [-0.15, -0.1) is 12.4 Å². The number of halogens is 1. The Morgan fingerprint density at radius 1 is 1.26 bits per heavy atom. The van der Waals surface area contributed by atoms with Crippen molar-refractivity contribution in [3.63, 3.8) is 0 Å². The average Bonchev–Trinajstić information content (AvgIpc) is 2.84. The van der Waals surface area contributed by atoms with Crippen molar-refractivity contribution in [2.45, 2.75) is 6.04 Å². The highest BCUT2D eigenvalue weighted by molar-refractivity contribution is 5.96. The maximum Gasteiger partial charge on any atom is 0.287 e. The monoisotopic (exact) mass is 278 g/mol. The van der Waals surface area contributed by atoms with Crippen LogP contribution in [0.1, 0.15) is 10.6 Å².